The highest BCUT2D eigenvalue weighted by atomic mass is 32.2. The maximum atomic E-state index is 13.0. The lowest BCUT2D eigenvalue weighted by molar-refractivity contribution is -0.132. The van der Waals surface area contributed by atoms with Gasteiger partial charge < -0.3 is 20.0 Å². The molecule has 0 aromatic heterocycles. The van der Waals surface area contributed by atoms with Crippen molar-refractivity contribution in [1.82, 2.24) is 15.1 Å². The number of nitrogens with zero attached hydrogens (tertiary/aromatic N) is 3. The van der Waals surface area contributed by atoms with Crippen molar-refractivity contribution in [1.29, 1.82) is 0 Å². The summed E-state index contributed by atoms with van der Waals surface area (Å²) in [6, 6.07) is 5.68. The summed E-state index contributed by atoms with van der Waals surface area (Å²) in [7, 11) is 0. The number of piperazine rings is 1. The van der Waals surface area contributed by atoms with E-state index in [1.807, 2.05) is 16.7 Å². The van der Waals surface area contributed by atoms with Crippen molar-refractivity contribution in [3.05, 3.63) is 30.1 Å². The van der Waals surface area contributed by atoms with Crippen LogP contribution in [0.4, 0.5) is 14.9 Å². The number of carbonyl (C=O) groups is 2. The van der Waals surface area contributed by atoms with Gasteiger partial charge in [0.1, 0.15) is 11.9 Å². The lowest BCUT2D eigenvalue weighted by atomic mass is 10.2. The van der Waals surface area contributed by atoms with Crippen LogP contribution in [-0.2, 0) is 4.79 Å². The Morgan fingerprint density at radius 2 is 1.62 bits per heavy atom. The zero-order valence-corrected chi connectivity index (χ0v) is 15.8. The predicted octanol–water partition coefficient (Wildman–Crippen LogP) is 1.62. The molecule has 1 aromatic rings. The molecule has 0 spiro atoms. The Labute approximate surface area is 157 Å². The van der Waals surface area contributed by atoms with E-state index < -0.39 is 6.04 Å². The van der Waals surface area contributed by atoms with Crippen LogP contribution in [0.15, 0.2) is 24.3 Å². The Balaban J connectivity index is 1.47. The molecule has 0 radical (unpaired) electrons. The fourth-order valence-electron chi connectivity index (χ4n) is 3.22. The highest BCUT2D eigenvalue weighted by molar-refractivity contribution is 7.99. The summed E-state index contributed by atoms with van der Waals surface area (Å²) in [5.41, 5.74) is 0.956. The Kier molecular flexibility index (Phi) is 6.24. The third-order valence-electron chi connectivity index (χ3n) is 4.79. The molecule has 1 atom stereocenters. The van der Waals surface area contributed by atoms with Gasteiger partial charge in [-0.05, 0) is 31.2 Å². The summed E-state index contributed by atoms with van der Waals surface area (Å²) in [6.45, 7) is 5.77. The van der Waals surface area contributed by atoms with Gasteiger partial charge in [-0.2, -0.15) is 11.8 Å². The Bertz CT molecular complexity index is 629. The topological polar surface area (TPSA) is 55.9 Å². The van der Waals surface area contributed by atoms with E-state index in [9.17, 15) is 14.0 Å². The number of hydrogen-bond donors (Lipinski definition) is 1. The lowest BCUT2D eigenvalue weighted by Gasteiger charge is -2.37. The lowest BCUT2D eigenvalue weighted by Crippen LogP contribution is -2.56. The van der Waals surface area contributed by atoms with Gasteiger partial charge in [0.2, 0.25) is 5.91 Å². The second kappa shape index (κ2) is 8.62. The van der Waals surface area contributed by atoms with Gasteiger partial charge >= 0.3 is 6.03 Å². The molecule has 142 valence electrons. The zero-order chi connectivity index (χ0) is 18.5. The average Bonchev–Trinajstić information content (AvgIpc) is 2.68. The van der Waals surface area contributed by atoms with Gasteiger partial charge in [-0.15, -0.1) is 0 Å². The van der Waals surface area contributed by atoms with E-state index in [0.717, 1.165) is 30.3 Å². The molecule has 1 N–H and O–H groups in total. The van der Waals surface area contributed by atoms with Crippen LogP contribution >= 0.6 is 11.8 Å². The van der Waals surface area contributed by atoms with Gasteiger partial charge in [-0.3, -0.25) is 4.79 Å². The molecule has 2 fully saturated rings. The molecule has 2 aliphatic heterocycles. The highest BCUT2D eigenvalue weighted by Gasteiger charge is 2.27. The number of benzene rings is 1. The highest BCUT2D eigenvalue weighted by Crippen LogP contribution is 2.17. The van der Waals surface area contributed by atoms with Crippen molar-refractivity contribution in [2.24, 2.45) is 0 Å². The van der Waals surface area contributed by atoms with Crippen molar-refractivity contribution < 1.29 is 14.0 Å². The van der Waals surface area contributed by atoms with E-state index in [2.05, 4.69) is 10.2 Å². The SMILES string of the molecule is C[C@H](NC(=O)N1CCN(c2ccc(F)cc2)CC1)C(=O)N1CCSCC1. The minimum Gasteiger partial charge on any atom is -0.368 e. The molecular weight excluding hydrogens is 355 g/mol. The number of halogens is 1. The van der Waals surface area contributed by atoms with E-state index in [0.29, 0.717) is 26.2 Å². The molecule has 3 amide bonds. The number of carbonyl (C=O) groups excluding carboxylic acids is 2. The standard InChI is InChI=1S/C18H25FN4O2S/c1-14(17(24)22-10-12-26-13-11-22)20-18(25)23-8-6-21(7-9-23)16-4-2-15(19)3-5-16/h2-5,14H,6-13H2,1H3,(H,20,25)/t14-/m0/s1. The number of rotatable bonds is 3. The molecule has 26 heavy (non-hydrogen) atoms. The third-order valence-corrected chi connectivity index (χ3v) is 5.73. The largest absolute Gasteiger partial charge is 0.368 e. The van der Waals surface area contributed by atoms with E-state index in [-0.39, 0.29) is 17.8 Å². The number of amides is 3. The fourth-order valence-corrected chi connectivity index (χ4v) is 4.12. The van der Waals surface area contributed by atoms with Gasteiger partial charge in [-0.1, -0.05) is 0 Å². The van der Waals surface area contributed by atoms with Crippen molar-refractivity contribution >= 4 is 29.4 Å². The van der Waals surface area contributed by atoms with E-state index in [1.54, 1.807) is 24.0 Å². The number of nitrogens with one attached hydrogen (secondary N) is 1. The van der Waals surface area contributed by atoms with Crippen LogP contribution in [0.1, 0.15) is 6.92 Å². The zero-order valence-electron chi connectivity index (χ0n) is 15.0. The molecule has 8 heteroatoms. The molecule has 6 nitrogen and oxygen atoms in total. The Morgan fingerprint density at radius 3 is 2.23 bits per heavy atom. The normalized spacial score (nSPS) is 19.2. The van der Waals surface area contributed by atoms with Crippen molar-refractivity contribution in [2.75, 3.05) is 55.7 Å². The summed E-state index contributed by atoms with van der Waals surface area (Å²) in [4.78, 5) is 30.6. The molecule has 2 aliphatic rings. The van der Waals surface area contributed by atoms with Crippen LogP contribution in [0.3, 0.4) is 0 Å². The molecule has 0 bridgehead atoms. The summed E-state index contributed by atoms with van der Waals surface area (Å²) in [5.74, 6) is 1.65. The summed E-state index contributed by atoms with van der Waals surface area (Å²) in [5, 5.41) is 2.83. The summed E-state index contributed by atoms with van der Waals surface area (Å²) >= 11 is 1.85. The molecule has 1 aromatic carbocycles. The van der Waals surface area contributed by atoms with E-state index in [4.69, 9.17) is 0 Å². The molecule has 0 unspecified atom stereocenters. The van der Waals surface area contributed by atoms with Crippen molar-refractivity contribution in [3.8, 4) is 0 Å². The number of anilines is 1. The van der Waals surface area contributed by atoms with Gasteiger partial charge in [0.25, 0.3) is 0 Å². The molecule has 0 aliphatic carbocycles. The van der Waals surface area contributed by atoms with E-state index in [1.165, 1.54) is 12.1 Å². The second-order valence-electron chi connectivity index (χ2n) is 6.56. The van der Waals surface area contributed by atoms with Gasteiger partial charge in [0.05, 0.1) is 0 Å². The fraction of sp³-hybridized carbons (Fsp3) is 0.556. The van der Waals surface area contributed by atoms with Crippen LogP contribution < -0.4 is 10.2 Å². The quantitative estimate of drug-likeness (QED) is 0.866. The first kappa shape index (κ1) is 18.8. The first-order chi connectivity index (χ1) is 12.5. The second-order valence-corrected chi connectivity index (χ2v) is 7.78. The van der Waals surface area contributed by atoms with Crippen molar-refractivity contribution in [3.63, 3.8) is 0 Å². The molecule has 2 heterocycles. The molecule has 0 saturated carbocycles. The Morgan fingerprint density at radius 1 is 1.00 bits per heavy atom. The number of hydrogen-bond acceptors (Lipinski definition) is 4. The molecule has 2 saturated heterocycles. The minimum absolute atomic E-state index is 0.0106. The maximum Gasteiger partial charge on any atom is 0.318 e. The minimum atomic E-state index is -0.513. The molecular formula is C18H25FN4O2S. The van der Waals surface area contributed by atoms with Gasteiger partial charge in [-0.25, -0.2) is 9.18 Å². The van der Waals surface area contributed by atoms with Crippen LogP contribution in [0.25, 0.3) is 0 Å². The number of thioether (sulfide) groups is 1. The molecule has 3 rings (SSSR count). The predicted molar refractivity (Wildman–Crippen MR) is 102 cm³/mol. The number of urea groups is 1. The van der Waals surface area contributed by atoms with E-state index >= 15 is 0 Å². The van der Waals surface area contributed by atoms with Gasteiger partial charge in [0, 0.05) is 56.5 Å². The average molecular weight is 380 g/mol. The van der Waals surface area contributed by atoms with Crippen LogP contribution in [0.5, 0.6) is 0 Å². The van der Waals surface area contributed by atoms with Crippen molar-refractivity contribution in [2.45, 2.75) is 13.0 Å². The van der Waals surface area contributed by atoms with Crippen LogP contribution in [0.2, 0.25) is 0 Å². The third kappa shape index (κ3) is 4.60. The van der Waals surface area contributed by atoms with Crippen LogP contribution in [-0.4, -0.2) is 78.6 Å². The summed E-state index contributed by atoms with van der Waals surface area (Å²) in [6.07, 6.45) is 0. The first-order valence-corrected chi connectivity index (χ1v) is 10.1. The van der Waals surface area contributed by atoms with Gasteiger partial charge in [0.15, 0.2) is 0 Å². The maximum absolute atomic E-state index is 13.0. The van der Waals surface area contributed by atoms with Crippen LogP contribution in [0, 0.1) is 5.82 Å². The smallest absolute Gasteiger partial charge is 0.318 e. The monoisotopic (exact) mass is 380 g/mol. The first-order valence-electron chi connectivity index (χ1n) is 8.97. The summed E-state index contributed by atoms with van der Waals surface area (Å²) < 4.78 is 13.0. The Hall–Kier alpha value is -1.96.